The van der Waals surface area contributed by atoms with Gasteiger partial charge in [0, 0.05) is 25.6 Å². The molecule has 1 aliphatic heterocycles. The summed E-state index contributed by atoms with van der Waals surface area (Å²) in [6.45, 7) is 4.39. The maximum Gasteiger partial charge on any atom is 0.317 e. The zero-order valence-electron chi connectivity index (χ0n) is 12.4. The highest BCUT2D eigenvalue weighted by molar-refractivity contribution is 5.79. The van der Waals surface area contributed by atoms with Crippen molar-refractivity contribution in [2.75, 3.05) is 19.6 Å². The molecule has 2 heterocycles. The molecule has 6 heteroatoms. The van der Waals surface area contributed by atoms with Crippen molar-refractivity contribution in [1.82, 2.24) is 15.5 Å². The molecule has 3 amide bonds. The second-order valence-electron chi connectivity index (χ2n) is 5.29. The molecule has 1 aromatic rings. The maximum absolute atomic E-state index is 12.0. The van der Waals surface area contributed by atoms with Gasteiger partial charge in [0.1, 0.15) is 5.76 Å². The average molecular weight is 293 g/mol. The molecule has 0 spiro atoms. The molecule has 2 rings (SSSR count). The molecule has 0 aliphatic carbocycles. The van der Waals surface area contributed by atoms with Gasteiger partial charge in [0.25, 0.3) is 0 Å². The first-order chi connectivity index (χ1) is 10.2. The van der Waals surface area contributed by atoms with E-state index in [4.69, 9.17) is 4.42 Å². The van der Waals surface area contributed by atoms with E-state index in [9.17, 15) is 9.59 Å². The lowest BCUT2D eigenvalue weighted by Gasteiger charge is -2.31. The smallest absolute Gasteiger partial charge is 0.317 e. The first kappa shape index (κ1) is 15.4. The SMILES string of the molecule is CCCNC(=O)C1CCN(C(=O)NCc2ccco2)CC1. The van der Waals surface area contributed by atoms with Crippen molar-refractivity contribution in [2.24, 2.45) is 5.92 Å². The fourth-order valence-electron chi connectivity index (χ4n) is 2.43. The number of piperidine rings is 1. The summed E-state index contributed by atoms with van der Waals surface area (Å²) in [4.78, 5) is 25.6. The van der Waals surface area contributed by atoms with Crippen LogP contribution in [0.1, 0.15) is 31.9 Å². The molecule has 0 bridgehead atoms. The zero-order chi connectivity index (χ0) is 15.1. The number of nitrogens with one attached hydrogen (secondary N) is 2. The number of hydrogen-bond acceptors (Lipinski definition) is 3. The molecule has 0 aromatic carbocycles. The second-order valence-corrected chi connectivity index (χ2v) is 5.29. The van der Waals surface area contributed by atoms with Gasteiger partial charge >= 0.3 is 6.03 Å². The van der Waals surface area contributed by atoms with Crippen LogP contribution < -0.4 is 10.6 Å². The Morgan fingerprint density at radius 1 is 1.33 bits per heavy atom. The van der Waals surface area contributed by atoms with Gasteiger partial charge in [-0.2, -0.15) is 0 Å². The van der Waals surface area contributed by atoms with Crippen LogP contribution in [0, 0.1) is 5.92 Å². The Hall–Kier alpha value is -1.98. The van der Waals surface area contributed by atoms with Crippen LogP contribution in [0.5, 0.6) is 0 Å². The van der Waals surface area contributed by atoms with Crippen molar-refractivity contribution in [2.45, 2.75) is 32.7 Å². The van der Waals surface area contributed by atoms with Gasteiger partial charge < -0.3 is 20.0 Å². The lowest BCUT2D eigenvalue weighted by Crippen LogP contribution is -2.46. The summed E-state index contributed by atoms with van der Waals surface area (Å²) in [6, 6.07) is 3.52. The summed E-state index contributed by atoms with van der Waals surface area (Å²) in [6.07, 6.45) is 3.98. The predicted molar refractivity (Wildman–Crippen MR) is 78.5 cm³/mol. The summed E-state index contributed by atoms with van der Waals surface area (Å²) in [5.74, 6) is 0.885. The molecule has 21 heavy (non-hydrogen) atoms. The van der Waals surface area contributed by atoms with Gasteiger partial charge in [0.2, 0.25) is 5.91 Å². The summed E-state index contributed by atoms with van der Waals surface area (Å²) >= 11 is 0. The van der Waals surface area contributed by atoms with Crippen molar-refractivity contribution in [3.63, 3.8) is 0 Å². The zero-order valence-corrected chi connectivity index (χ0v) is 12.4. The van der Waals surface area contributed by atoms with Crippen LogP contribution in [0.4, 0.5) is 4.79 Å². The van der Waals surface area contributed by atoms with E-state index >= 15 is 0 Å². The van der Waals surface area contributed by atoms with E-state index < -0.39 is 0 Å². The van der Waals surface area contributed by atoms with Crippen LogP contribution in [0.15, 0.2) is 22.8 Å². The monoisotopic (exact) mass is 293 g/mol. The normalized spacial score (nSPS) is 15.8. The number of urea groups is 1. The van der Waals surface area contributed by atoms with E-state index in [1.54, 1.807) is 17.2 Å². The third-order valence-corrected chi connectivity index (χ3v) is 3.70. The van der Waals surface area contributed by atoms with Gasteiger partial charge in [-0.3, -0.25) is 4.79 Å². The highest BCUT2D eigenvalue weighted by Gasteiger charge is 2.26. The quantitative estimate of drug-likeness (QED) is 0.868. The van der Waals surface area contributed by atoms with Crippen LogP contribution in [0.2, 0.25) is 0 Å². The summed E-state index contributed by atoms with van der Waals surface area (Å²) in [7, 11) is 0. The minimum Gasteiger partial charge on any atom is -0.467 e. The van der Waals surface area contributed by atoms with Crippen LogP contribution in [-0.4, -0.2) is 36.5 Å². The van der Waals surface area contributed by atoms with Gasteiger partial charge in [-0.15, -0.1) is 0 Å². The van der Waals surface area contributed by atoms with Gasteiger partial charge in [0.15, 0.2) is 0 Å². The van der Waals surface area contributed by atoms with Gasteiger partial charge in [-0.05, 0) is 31.4 Å². The molecule has 0 unspecified atom stereocenters. The Morgan fingerprint density at radius 2 is 2.10 bits per heavy atom. The number of likely N-dealkylation sites (tertiary alicyclic amines) is 1. The number of carbonyl (C=O) groups is 2. The molecule has 6 nitrogen and oxygen atoms in total. The average Bonchev–Trinajstić information content (AvgIpc) is 3.04. The standard InChI is InChI=1S/C15H23N3O3/c1-2-7-16-14(19)12-5-8-18(9-6-12)15(20)17-11-13-4-3-10-21-13/h3-4,10,12H,2,5-9,11H2,1H3,(H,16,19)(H,17,20). The molecule has 0 saturated carbocycles. The Kier molecular flexibility index (Phi) is 5.66. The fraction of sp³-hybridized carbons (Fsp3) is 0.600. The topological polar surface area (TPSA) is 74.6 Å². The van der Waals surface area contributed by atoms with Gasteiger partial charge in [-0.1, -0.05) is 6.92 Å². The third kappa shape index (κ3) is 4.51. The van der Waals surface area contributed by atoms with Crippen LogP contribution in [-0.2, 0) is 11.3 Å². The molecular formula is C15H23N3O3. The minimum atomic E-state index is -0.0983. The lowest BCUT2D eigenvalue weighted by atomic mass is 9.96. The van der Waals surface area contributed by atoms with E-state index in [1.807, 2.05) is 13.0 Å². The Morgan fingerprint density at radius 3 is 2.71 bits per heavy atom. The Balaban J connectivity index is 1.70. The largest absolute Gasteiger partial charge is 0.467 e. The fourth-order valence-corrected chi connectivity index (χ4v) is 2.43. The van der Waals surface area contributed by atoms with Crippen molar-refractivity contribution in [3.05, 3.63) is 24.2 Å². The summed E-state index contributed by atoms with van der Waals surface area (Å²) in [5.41, 5.74) is 0. The van der Waals surface area contributed by atoms with E-state index in [-0.39, 0.29) is 17.9 Å². The molecular weight excluding hydrogens is 270 g/mol. The van der Waals surface area contributed by atoms with E-state index in [1.165, 1.54) is 0 Å². The number of hydrogen-bond donors (Lipinski definition) is 2. The van der Waals surface area contributed by atoms with E-state index in [0.29, 0.717) is 19.6 Å². The number of nitrogens with zero attached hydrogens (tertiary/aromatic N) is 1. The van der Waals surface area contributed by atoms with Crippen LogP contribution in [0.3, 0.4) is 0 Å². The van der Waals surface area contributed by atoms with Crippen molar-refractivity contribution in [3.8, 4) is 0 Å². The van der Waals surface area contributed by atoms with Gasteiger partial charge in [-0.25, -0.2) is 4.79 Å². The number of carbonyl (C=O) groups excluding carboxylic acids is 2. The highest BCUT2D eigenvalue weighted by Crippen LogP contribution is 2.17. The van der Waals surface area contributed by atoms with E-state index in [0.717, 1.165) is 31.6 Å². The van der Waals surface area contributed by atoms with Crippen LogP contribution >= 0.6 is 0 Å². The summed E-state index contributed by atoms with van der Waals surface area (Å²) < 4.78 is 5.17. The molecule has 1 saturated heterocycles. The third-order valence-electron chi connectivity index (χ3n) is 3.70. The molecule has 1 aromatic heterocycles. The number of amides is 3. The molecule has 116 valence electrons. The van der Waals surface area contributed by atoms with E-state index in [2.05, 4.69) is 10.6 Å². The van der Waals surface area contributed by atoms with Crippen molar-refractivity contribution < 1.29 is 14.0 Å². The lowest BCUT2D eigenvalue weighted by molar-refractivity contribution is -0.126. The van der Waals surface area contributed by atoms with Crippen LogP contribution in [0.25, 0.3) is 0 Å². The van der Waals surface area contributed by atoms with Crippen molar-refractivity contribution >= 4 is 11.9 Å². The maximum atomic E-state index is 12.0. The first-order valence-electron chi connectivity index (χ1n) is 7.53. The molecule has 2 N–H and O–H groups in total. The number of furan rings is 1. The van der Waals surface area contributed by atoms with Crippen molar-refractivity contribution in [1.29, 1.82) is 0 Å². The molecule has 0 radical (unpaired) electrons. The summed E-state index contributed by atoms with van der Waals surface area (Å²) in [5, 5.41) is 5.75. The predicted octanol–water partition coefficient (Wildman–Crippen LogP) is 1.73. The van der Waals surface area contributed by atoms with Gasteiger partial charge in [0.05, 0.1) is 12.8 Å². The Bertz CT molecular complexity index is 451. The molecule has 1 fully saturated rings. The second kappa shape index (κ2) is 7.71. The Labute approximate surface area is 124 Å². The highest BCUT2D eigenvalue weighted by atomic mass is 16.3. The number of rotatable bonds is 5. The molecule has 0 atom stereocenters. The molecule has 1 aliphatic rings. The minimum absolute atomic E-state index is 0.0330. The first-order valence-corrected chi connectivity index (χ1v) is 7.53.